The molecule has 3 aromatic rings. The Morgan fingerprint density at radius 2 is 1.90 bits per heavy atom. The van der Waals surface area contributed by atoms with Gasteiger partial charge in [0, 0.05) is 29.7 Å². The van der Waals surface area contributed by atoms with E-state index in [-0.39, 0.29) is 23.8 Å². The Balaban J connectivity index is 1.65. The molecule has 7 heteroatoms. The molecule has 7 nitrogen and oxygen atoms in total. The molecular formula is C24H26N4O3. The highest BCUT2D eigenvalue weighted by Gasteiger charge is 2.22. The normalized spacial score (nSPS) is 16.3. The van der Waals surface area contributed by atoms with Gasteiger partial charge in [-0.2, -0.15) is 5.10 Å². The number of benzene rings is 2. The number of hydrogen-bond donors (Lipinski definition) is 1. The molecule has 1 aliphatic heterocycles. The monoisotopic (exact) mass is 418 g/mol. The number of ketones is 1. The van der Waals surface area contributed by atoms with Crippen LogP contribution in [0.4, 0.5) is 11.5 Å². The minimum Gasteiger partial charge on any atom is -0.354 e. The first-order chi connectivity index (χ1) is 14.9. The summed E-state index contributed by atoms with van der Waals surface area (Å²) in [6.07, 6.45) is 2.25. The third kappa shape index (κ3) is 4.50. The van der Waals surface area contributed by atoms with Gasteiger partial charge in [-0.3, -0.25) is 14.4 Å². The number of amides is 1. The smallest absolute Gasteiger partial charge is 0.275 e. The number of aromatic nitrogens is 2. The number of hydrogen-bond acceptors (Lipinski definition) is 5. The van der Waals surface area contributed by atoms with Crippen LogP contribution in [0.1, 0.15) is 37.0 Å². The van der Waals surface area contributed by atoms with Gasteiger partial charge in [-0.1, -0.05) is 37.3 Å². The second-order valence-corrected chi connectivity index (χ2v) is 8.21. The molecule has 1 amide bonds. The van der Waals surface area contributed by atoms with Gasteiger partial charge in [-0.15, -0.1) is 0 Å². The fourth-order valence-electron chi connectivity index (χ4n) is 4.09. The topological polar surface area (TPSA) is 84.3 Å². The van der Waals surface area contributed by atoms with E-state index in [4.69, 9.17) is 0 Å². The minimum atomic E-state index is -0.372. The maximum absolute atomic E-state index is 13.0. The van der Waals surface area contributed by atoms with Gasteiger partial charge >= 0.3 is 0 Å². The van der Waals surface area contributed by atoms with Gasteiger partial charge in [0.15, 0.2) is 11.6 Å². The maximum atomic E-state index is 13.0. The van der Waals surface area contributed by atoms with E-state index in [0.29, 0.717) is 22.6 Å². The van der Waals surface area contributed by atoms with Gasteiger partial charge in [0.05, 0.1) is 5.39 Å². The number of nitrogens with zero attached hydrogens (tertiary/aromatic N) is 3. The maximum Gasteiger partial charge on any atom is 0.275 e. The van der Waals surface area contributed by atoms with Crippen molar-refractivity contribution in [3.8, 4) is 0 Å². The van der Waals surface area contributed by atoms with Crippen molar-refractivity contribution in [3.05, 3.63) is 64.4 Å². The highest BCUT2D eigenvalue weighted by atomic mass is 16.2. The highest BCUT2D eigenvalue weighted by Crippen LogP contribution is 2.26. The fourth-order valence-corrected chi connectivity index (χ4v) is 4.09. The predicted molar refractivity (Wildman–Crippen MR) is 122 cm³/mol. The van der Waals surface area contributed by atoms with Crippen molar-refractivity contribution in [3.63, 3.8) is 0 Å². The lowest BCUT2D eigenvalue weighted by molar-refractivity contribution is -0.117. The van der Waals surface area contributed by atoms with E-state index in [2.05, 4.69) is 22.2 Å². The number of Topliss-reactive ketones (excluding diaryl/α,β-unsaturated/α-hetero) is 1. The summed E-state index contributed by atoms with van der Waals surface area (Å²) in [5, 5.41) is 8.73. The van der Waals surface area contributed by atoms with Gasteiger partial charge in [0.25, 0.3) is 5.56 Å². The third-order valence-corrected chi connectivity index (χ3v) is 5.65. The minimum absolute atomic E-state index is 0.0797. The summed E-state index contributed by atoms with van der Waals surface area (Å²) in [6.45, 7) is 5.24. The number of carbonyl (C=O) groups is 2. The summed E-state index contributed by atoms with van der Waals surface area (Å²) >= 11 is 0. The van der Waals surface area contributed by atoms with Gasteiger partial charge in [0.1, 0.15) is 6.54 Å². The summed E-state index contributed by atoms with van der Waals surface area (Å²) in [5.74, 6) is 0.840. The number of nitrogens with one attached hydrogen (secondary N) is 1. The van der Waals surface area contributed by atoms with Crippen LogP contribution in [-0.4, -0.2) is 34.6 Å². The molecule has 1 aliphatic rings. The first kappa shape index (κ1) is 20.8. The van der Waals surface area contributed by atoms with Gasteiger partial charge < -0.3 is 10.2 Å². The zero-order chi connectivity index (χ0) is 22.0. The van der Waals surface area contributed by atoms with Crippen molar-refractivity contribution >= 4 is 34.0 Å². The van der Waals surface area contributed by atoms with E-state index in [1.165, 1.54) is 18.0 Å². The van der Waals surface area contributed by atoms with Gasteiger partial charge in [-0.05, 0) is 43.9 Å². The van der Waals surface area contributed by atoms with E-state index in [1.807, 2.05) is 18.2 Å². The lowest BCUT2D eigenvalue weighted by Gasteiger charge is -2.32. The number of anilines is 2. The zero-order valence-corrected chi connectivity index (χ0v) is 17.8. The molecule has 4 rings (SSSR count). The molecule has 1 saturated heterocycles. The molecule has 1 N–H and O–H groups in total. The largest absolute Gasteiger partial charge is 0.354 e. The number of piperidine rings is 1. The molecule has 1 atom stereocenters. The van der Waals surface area contributed by atoms with Gasteiger partial charge in [0.2, 0.25) is 5.91 Å². The lowest BCUT2D eigenvalue weighted by atomic mass is 10.00. The molecule has 2 aromatic carbocycles. The Morgan fingerprint density at radius 3 is 2.65 bits per heavy atom. The van der Waals surface area contributed by atoms with Crippen LogP contribution in [0.25, 0.3) is 10.8 Å². The van der Waals surface area contributed by atoms with Crippen LogP contribution in [0.3, 0.4) is 0 Å². The third-order valence-electron chi connectivity index (χ3n) is 5.65. The summed E-state index contributed by atoms with van der Waals surface area (Å²) < 4.78 is 1.24. The van der Waals surface area contributed by atoms with Crippen LogP contribution in [0, 0.1) is 5.92 Å². The summed E-state index contributed by atoms with van der Waals surface area (Å²) in [7, 11) is 0. The van der Waals surface area contributed by atoms with E-state index in [0.717, 1.165) is 30.7 Å². The van der Waals surface area contributed by atoms with Crippen LogP contribution in [0.15, 0.2) is 53.3 Å². The van der Waals surface area contributed by atoms with Crippen LogP contribution in [0.5, 0.6) is 0 Å². The first-order valence-electron chi connectivity index (χ1n) is 10.6. The van der Waals surface area contributed by atoms with E-state index >= 15 is 0 Å². The molecule has 0 aliphatic carbocycles. The molecule has 160 valence electrons. The fraction of sp³-hybridized carbons (Fsp3) is 0.333. The molecule has 31 heavy (non-hydrogen) atoms. The zero-order valence-electron chi connectivity index (χ0n) is 17.8. The standard InChI is InChI=1S/C24H26N4O3/c1-16-7-6-12-27(14-16)23-20-10-3-4-11-21(20)24(31)28(26-23)15-22(30)25-19-9-5-8-18(13-19)17(2)29/h3-5,8-11,13,16H,6-7,12,14-15H2,1-2H3,(H,25,30)/t16-/m0/s1. The summed E-state index contributed by atoms with van der Waals surface area (Å²) in [6, 6.07) is 14.2. The molecular weight excluding hydrogens is 392 g/mol. The average Bonchev–Trinajstić information content (AvgIpc) is 2.76. The second-order valence-electron chi connectivity index (χ2n) is 8.21. The lowest BCUT2D eigenvalue weighted by Crippen LogP contribution is -2.38. The molecule has 0 unspecified atom stereocenters. The molecule has 0 saturated carbocycles. The van der Waals surface area contributed by atoms with Crippen molar-refractivity contribution in [2.75, 3.05) is 23.3 Å². The molecule has 0 bridgehead atoms. The number of fused-ring (bicyclic) bond motifs is 1. The summed E-state index contributed by atoms with van der Waals surface area (Å²) in [4.78, 5) is 39.5. The average molecular weight is 418 g/mol. The van der Waals surface area contributed by atoms with Crippen molar-refractivity contribution in [1.29, 1.82) is 0 Å². The van der Waals surface area contributed by atoms with Crippen LogP contribution in [-0.2, 0) is 11.3 Å². The highest BCUT2D eigenvalue weighted by molar-refractivity contribution is 5.97. The first-order valence-corrected chi connectivity index (χ1v) is 10.6. The summed E-state index contributed by atoms with van der Waals surface area (Å²) in [5.41, 5.74) is 0.731. The molecule has 1 fully saturated rings. The Kier molecular flexibility index (Phi) is 5.84. The molecule has 2 heterocycles. The van der Waals surface area contributed by atoms with Gasteiger partial charge in [-0.25, -0.2) is 4.68 Å². The van der Waals surface area contributed by atoms with E-state index < -0.39 is 0 Å². The van der Waals surface area contributed by atoms with Crippen molar-refractivity contribution in [1.82, 2.24) is 9.78 Å². The number of carbonyl (C=O) groups excluding carboxylic acids is 2. The van der Waals surface area contributed by atoms with Crippen LogP contribution in [0.2, 0.25) is 0 Å². The molecule has 0 spiro atoms. The van der Waals surface area contributed by atoms with Crippen LogP contribution < -0.4 is 15.8 Å². The Morgan fingerprint density at radius 1 is 1.13 bits per heavy atom. The quantitative estimate of drug-likeness (QED) is 0.642. The van der Waals surface area contributed by atoms with E-state index in [9.17, 15) is 14.4 Å². The Bertz CT molecular complexity index is 1200. The number of rotatable bonds is 5. The Hall–Kier alpha value is -3.48. The van der Waals surface area contributed by atoms with Crippen molar-refractivity contribution < 1.29 is 9.59 Å². The Labute approximate surface area is 180 Å². The van der Waals surface area contributed by atoms with E-state index in [1.54, 1.807) is 30.3 Å². The van der Waals surface area contributed by atoms with Crippen molar-refractivity contribution in [2.45, 2.75) is 33.2 Å². The van der Waals surface area contributed by atoms with Crippen LogP contribution >= 0.6 is 0 Å². The second kappa shape index (κ2) is 8.71. The van der Waals surface area contributed by atoms with Crippen molar-refractivity contribution in [2.24, 2.45) is 5.92 Å². The SMILES string of the molecule is CC(=O)c1cccc(NC(=O)Cn2nc(N3CCC[C@H](C)C3)c3ccccc3c2=O)c1. The molecule has 0 radical (unpaired) electrons. The molecule has 1 aromatic heterocycles. The predicted octanol–water partition coefficient (Wildman–Crippen LogP) is 3.47.